The Morgan fingerprint density at radius 1 is 1.11 bits per heavy atom. The number of hydrogen-bond acceptors (Lipinski definition) is 1. The minimum absolute atomic E-state index is 0.959. The molecule has 96 valence electrons. The Kier molecular flexibility index (Phi) is 3.12. The minimum atomic E-state index is 0.959. The Hall–Kier alpha value is -2.02. The molecular formula is C18H19N. The third kappa shape index (κ3) is 2.41. The number of benzene rings is 2. The van der Waals surface area contributed by atoms with E-state index >= 15 is 0 Å². The summed E-state index contributed by atoms with van der Waals surface area (Å²) < 4.78 is 0. The van der Waals surface area contributed by atoms with E-state index in [1.165, 1.54) is 33.5 Å². The van der Waals surface area contributed by atoms with Gasteiger partial charge in [0.25, 0.3) is 0 Å². The lowest BCUT2D eigenvalue weighted by Crippen LogP contribution is -2.01. The predicted molar refractivity (Wildman–Crippen MR) is 82.6 cm³/mol. The zero-order valence-corrected chi connectivity index (χ0v) is 11.4. The summed E-state index contributed by atoms with van der Waals surface area (Å²) >= 11 is 0. The van der Waals surface area contributed by atoms with Gasteiger partial charge in [-0.3, -0.25) is 0 Å². The van der Waals surface area contributed by atoms with Crippen molar-refractivity contribution in [2.24, 2.45) is 0 Å². The summed E-state index contributed by atoms with van der Waals surface area (Å²) in [5.41, 5.74) is 8.10. The average molecular weight is 249 g/mol. The average Bonchev–Trinajstić information content (AvgIpc) is 2.76. The fourth-order valence-electron chi connectivity index (χ4n) is 2.68. The van der Waals surface area contributed by atoms with Crippen LogP contribution in [0.2, 0.25) is 0 Å². The van der Waals surface area contributed by atoms with Crippen molar-refractivity contribution in [3.8, 4) is 11.1 Å². The lowest BCUT2D eigenvalue weighted by Gasteiger charge is -2.08. The van der Waals surface area contributed by atoms with Crippen LogP contribution in [-0.4, -0.2) is 6.54 Å². The highest BCUT2D eigenvalue weighted by molar-refractivity contribution is 5.78. The van der Waals surface area contributed by atoms with Crippen LogP contribution in [-0.2, 0) is 6.42 Å². The number of nitrogens with one attached hydrogen (secondary N) is 1. The Morgan fingerprint density at radius 2 is 1.89 bits per heavy atom. The Balaban J connectivity index is 1.79. The third-order valence-corrected chi connectivity index (χ3v) is 3.67. The fourth-order valence-corrected chi connectivity index (χ4v) is 2.68. The molecule has 0 amide bonds. The van der Waals surface area contributed by atoms with Gasteiger partial charge in [-0.15, -0.1) is 6.58 Å². The molecule has 1 nitrogen and oxygen atoms in total. The van der Waals surface area contributed by atoms with Crippen LogP contribution in [0.4, 0.5) is 5.69 Å². The molecule has 1 aliphatic carbocycles. The van der Waals surface area contributed by atoms with Gasteiger partial charge >= 0.3 is 0 Å². The van der Waals surface area contributed by atoms with Gasteiger partial charge in [0.1, 0.15) is 0 Å². The van der Waals surface area contributed by atoms with E-state index in [-0.39, 0.29) is 0 Å². The summed E-state index contributed by atoms with van der Waals surface area (Å²) in [4.78, 5) is 0. The van der Waals surface area contributed by atoms with Gasteiger partial charge in [-0.2, -0.15) is 0 Å². The van der Waals surface area contributed by atoms with E-state index in [2.05, 4.69) is 61.3 Å². The highest BCUT2D eigenvalue weighted by atomic mass is 14.9. The zero-order valence-electron chi connectivity index (χ0n) is 11.4. The number of rotatable bonds is 4. The second-order valence-electron chi connectivity index (χ2n) is 5.34. The van der Waals surface area contributed by atoms with Crippen LogP contribution in [0.3, 0.4) is 0 Å². The van der Waals surface area contributed by atoms with Gasteiger partial charge in [0, 0.05) is 12.2 Å². The molecule has 0 spiro atoms. The summed E-state index contributed by atoms with van der Waals surface area (Å²) in [5, 5.41) is 3.47. The summed E-state index contributed by atoms with van der Waals surface area (Å²) in [6, 6.07) is 15.4. The maximum absolute atomic E-state index is 3.93. The van der Waals surface area contributed by atoms with Crippen molar-refractivity contribution >= 4 is 5.69 Å². The Morgan fingerprint density at radius 3 is 2.74 bits per heavy atom. The van der Waals surface area contributed by atoms with E-state index < -0.39 is 0 Å². The highest BCUT2D eigenvalue weighted by Crippen LogP contribution is 2.37. The Labute approximate surface area is 115 Å². The van der Waals surface area contributed by atoms with Gasteiger partial charge in [0.2, 0.25) is 0 Å². The molecule has 1 heteroatoms. The lowest BCUT2D eigenvalue weighted by molar-refractivity contribution is 1.00. The van der Waals surface area contributed by atoms with Gasteiger partial charge < -0.3 is 5.32 Å². The van der Waals surface area contributed by atoms with Crippen LogP contribution in [0.25, 0.3) is 11.1 Å². The first-order valence-corrected chi connectivity index (χ1v) is 6.83. The zero-order chi connectivity index (χ0) is 13.2. The van der Waals surface area contributed by atoms with E-state index in [0.717, 1.165) is 19.4 Å². The first-order valence-electron chi connectivity index (χ1n) is 6.83. The molecule has 0 bridgehead atoms. The molecule has 0 saturated carbocycles. The lowest BCUT2D eigenvalue weighted by atomic mass is 10.1. The van der Waals surface area contributed by atoms with Gasteiger partial charge in [0.15, 0.2) is 0 Å². The van der Waals surface area contributed by atoms with Gasteiger partial charge in [0.05, 0.1) is 0 Å². The van der Waals surface area contributed by atoms with Gasteiger partial charge in [-0.25, -0.2) is 0 Å². The molecule has 0 aromatic heterocycles. The SMILES string of the molecule is C=C(C)CCNc1ccc2c(c1)Cc1ccccc1-2. The molecule has 3 rings (SSSR count). The molecule has 19 heavy (non-hydrogen) atoms. The maximum atomic E-state index is 3.93. The number of fused-ring (bicyclic) bond motifs is 3. The van der Waals surface area contributed by atoms with Crippen molar-refractivity contribution in [3.05, 3.63) is 65.7 Å². The van der Waals surface area contributed by atoms with Crippen LogP contribution >= 0.6 is 0 Å². The van der Waals surface area contributed by atoms with E-state index in [9.17, 15) is 0 Å². The van der Waals surface area contributed by atoms with E-state index in [4.69, 9.17) is 0 Å². The van der Waals surface area contributed by atoms with Crippen molar-refractivity contribution in [3.63, 3.8) is 0 Å². The monoisotopic (exact) mass is 249 g/mol. The molecule has 0 fully saturated rings. The summed E-state index contributed by atoms with van der Waals surface area (Å²) in [7, 11) is 0. The van der Waals surface area contributed by atoms with E-state index in [1.54, 1.807) is 0 Å². The highest BCUT2D eigenvalue weighted by Gasteiger charge is 2.17. The molecule has 1 aliphatic rings. The smallest absolute Gasteiger partial charge is 0.0343 e. The molecule has 0 radical (unpaired) electrons. The van der Waals surface area contributed by atoms with Gasteiger partial charge in [-0.05, 0) is 54.2 Å². The van der Waals surface area contributed by atoms with Crippen molar-refractivity contribution in [2.75, 3.05) is 11.9 Å². The standard InChI is InChI=1S/C18H19N/c1-13(2)9-10-19-16-7-8-18-15(12-16)11-14-5-3-4-6-17(14)18/h3-8,12,19H,1,9-11H2,2H3. The van der Waals surface area contributed by atoms with Crippen molar-refractivity contribution in [1.82, 2.24) is 0 Å². The normalized spacial score (nSPS) is 11.8. The van der Waals surface area contributed by atoms with Crippen molar-refractivity contribution in [2.45, 2.75) is 19.8 Å². The van der Waals surface area contributed by atoms with E-state index in [1.807, 2.05) is 0 Å². The summed E-state index contributed by atoms with van der Waals surface area (Å²) in [6.07, 6.45) is 2.08. The van der Waals surface area contributed by atoms with Crippen molar-refractivity contribution < 1.29 is 0 Å². The fraction of sp³-hybridized carbons (Fsp3) is 0.222. The molecule has 0 heterocycles. The van der Waals surface area contributed by atoms with Crippen LogP contribution < -0.4 is 5.32 Å². The quantitative estimate of drug-likeness (QED) is 0.664. The largest absolute Gasteiger partial charge is 0.385 e. The van der Waals surface area contributed by atoms with Gasteiger partial charge in [-0.1, -0.05) is 35.9 Å². The molecule has 0 atom stereocenters. The first-order chi connectivity index (χ1) is 9.24. The number of anilines is 1. The molecule has 2 aromatic rings. The predicted octanol–water partition coefficient (Wildman–Crippen LogP) is 4.64. The molecule has 0 saturated heterocycles. The van der Waals surface area contributed by atoms with Crippen LogP contribution in [0.15, 0.2) is 54.6 Å². The van der Waals surface area contributed by atoms with Crippen LogP contribution in [0.1, 0.15) is 24.5 Å². The van der Waals surface area contributed by atoms with E-state index in [0.29, 0.717) is 0 Å². The molecule has 0 aliphatic heterocycles. The molecule has 1 N–H and O–H groups in total. The second kappa shape index (κ2) is 4.93. The molecular weight excluding hydrogens is 230 g/mol. The first kappa shape index (κ1) is 12.0. The van der Waals surface area contributed by atoms with Crippen molar-refractivity contribution in [1.29, 1.82) is 0 Å². The topological polar surface area (TPSA) is 12.0 Å². The third-order valence-electron chi connectivity index (χ3n) is 3.67. The minimum Gasteiger partial charge on any atom is -0.385 e. The maximum Gasteiger partial charge on any atom is 0.0343 e. The Bertz CT molecular complexity index is 625. The van der Waals surface area contributed by atoms with Crippen LogP contribution in [0.5, 0.6) is 0 Å². The second-order valence-corrected chi connectivity index (χ2v) is 5.34. The molecule has 2 aromatic carbocycles. The molecule has 0 unspecified atom stereocenters. The van der Waals surface area contributed by atoms with Crippen LogP contribution in [0, 0.1) is 0 Å². The number of hydrogen-bond donors (Lipinski definition) is 1. The summed E-state index contributed by atoms with van der Waals surface area (Å²) in [5.74, 6) is 0. The summed E-state index contributed by atoms with van der Waals surface area (Å²) in [6.45, 7) is 6.96.